The molecule has 0 fully saturated rings. The Balaban J connectivity index is 1.59. The highest BCUT2D eigenvalue weighted by Crippen LogP contribution is 2.29. The zero-order chi connectivity index (χ0) is 23.0. The second kappa shape index (κ2) is 8.67. The highest BCUT2D eigenvalue weighted by molar-refractivity contribution is 6.31. The van der Waals surface area contributed by atoms with Gasteiger partial charge < -0.3 is 5.32 Å². The van der Waals surface area contributed by atoms with E-state index < -0.39 is 5.82 Å². The Hall–Kier alpha value is -3.32. The van der Waals surface area contributed by atoms with Gasteiger partial charge in [0.1, 0.15) is 11.6 Å². The lowest BCUT2D eigenvalue weighted by molar-refractivity contribution is -0.116. The molecule has 5 nitrogen and oxygen atoms in total. The molecule has 1 N–H and O–H groups in total. The third-order valence-corrected chi connectivity index (χ3v) is 5.73. The van der Waals surface area contributed by atoms with Gasteiger partial charge in [-0.1, -0.05) is 23.7 Å². The van der Waals surface area contributed by atoms with E-state index in [-0.39, 0.29) is 23.2 Å². The number of nitrogens with zero attached hydrogens (tertiary/aromatic N) is 3. The second-order valence-corrected chi connectivity index (χ2v) is 8.05. The maximum absolute atomic E-state index is 13.4. The molecule has 0 aliphatic carbocycles. The van der Waals surface area contributed by atoms with Crippen LogP contribution in [0, 0.1) is 32.4 Å². The third-order valence-electron chi connectivity index (χ3n) is 5.44. The number of hydrogen-bond acceptors (Lipinski definition) is 3. The van der Waals surface area contributed by atoms with E-state index in [1.54, 1.807) is 16.6 Å². The van der Waals surface area contributed by atoms with Crippen LogP contribution in [0.4, 0.5) is 14.5 Å². The van der Waals surface area contributed by atoms with E-state index in [1.165, 1.54) is 30.3 Å². The Labute approximate surface area is 189 Å². The van der Waals surface area contributed by atoms with Crippen LogP contribution in [0.5, 0.6) is 0 Å². The molecule has 0 aliphatic rings. The molecule has 0 saturated heterocycles. The fraction of sp³-hybridized carbons (Fsp3) is 0.208. The van der Waals surface area contributed by atoms with Crippen molar-refractivity contribution in [3.63, 3.8) is 0 Å². The smallest absolute Gasteiger partial charge is 0.224 e. The highest BCUT2D eigenvalue weighted by Gasteiger charge is 2.18. The molecule has 2 heterocycles. The van der Waals surface area contributed by atoms with Gasteiger partial charge in [-0.05, 0) is 68.7 Å². The predicted molar refractivity (Wildman–Crippen MR) is 121 cm³/mol. The highest BCUT2D eigenvalue weighted by atomic mass is 35.5. The quantitative estimate of drug-likeness (QED) is 0.413. The Morgan fingerprint density at radius 2 is 1.78 bits per heavy atom. The van der Waals surface area contributed by atoms with Crippen LogP contribution >= 0.6 is 11.6 Å². The van der Waals surface area contributed by atoms with Gasteiger partial charge in [0.15, 0.2) is 5.65 Å². The van der Waals surface area contributed by atoms with Gasteiger partial charge in [-0.2, -0.15) is 5.10 Å². The normalized spacial score (nSPS) is 11.2. The molecule has 0 saturated carbocycles. The number of rotatable bonds is 5. The SMILES string of the molecule is Cc1nc2c(-c3ccc(F)cc3)c(C)nn2c(C)c1CCC(=O)Nc1ccc(F)c(Cl)c1. The van der Waals surface area contributed by atoms with Gasteiger partial charge in [-0.15, -0.1) is 0 Å². The standard InChI is InChI=1S/C24H21ClF2N4O/c1-13-19(9-11-22(32)29-18-8-10-21(27)20(25)12-18)15(3)31-24(28-13)23(14(2)30-31)16-4-6-17(26)7-5-16/h4-8,10,12H,9,11H2,1-3H3,(H,29,32). The fourth-order valence-electron chi connectivity index (χ4n) is 3.82. The van der Waals surface area contributed by atoms with E-state index in [2.05, 4.69) is 10.4 Å². The summed E-state index contributed by atoms with van der Waals surface area (Å²) >= 11 is 5.77. The average Bonchev–Trinajstić information content (AvgIpc) is 3.07. The van der Waals surface area contributed by atoms with Crippen LogP contribution in [0.2, 0.25) is 5.02 Å². The summed E-state index contributed by atoms with van der Waals surface area (Å²) in [6.07, 6.45) is 0.682. The number of aromatic nitrogens is 3. The van der Waals surface area contributed by atoms with E-state index in [4.69, 9.17) is 16.6 Å². The van der Waals surface area contributed by atoms with Gasteiger partial charge in [0.25, 0.3) is 0 Å². The largest absolute Gasteiger partial charge is 0.326 e. The van der Waals surface area contributed by atoms with Crippen molar-refractivity contribution >= 4 is 28.8 Å². The lowest BCUT2D eigenvalue weighted by atomic mass is 10.0. The molecule has 0 spiro atoms. The molecule has 2 aromatic carbocycles. The number of halogens is 3. The van der Waals surface area contributed by atoms with E-state index >= 15 is 0 Å². The number of carbonyl (C=O) groups is 1. The van der Waals surface area contributed by atoms with Crippen molar-refractivity contribution in [3.05, 3.63) is 81.8 Å². The molecule has 1 amide bonds. The first kappa shape index (κ1) is 21.9. The van der Waals surface area contributed by atoms with Crippen molar-refractivity contribution < 1.29 is 13.6 Å². The van der Waals surface area contributed by atoms with E-state index in [9.17, 15) is 13.6 Å². The lowest BCUT2D eigenvalue weighted by Crippen LogP contribution is -2.14. The van der Waals surface area contributed by atoms with Gasteiger partial charge in [0.2, 0.25) is 5.91 Å². The van der Waals surface area contributed by atoms with Crippen LogP contribution in [0.15, 0.2) is 42.5 Å². The Morgan fingerprint density at radius 1 is 1.06 bits per heavy atom. The number of carbonyl (C=O) groups excluding carboxylic acids is 1. The molecule has 0 bridgehead atoms. The summed E-state index contributed by atoms with van der Waals surface area (Å²) in [7, 11) is 0. The zero-order valence-electron chi connectivity index (χ0n) is 17.8. The van der Waals surface area contributed by atoms with Crippen LogP contribution in [0.25, 0.3) is 16.8 Å². The molecule has 4 rings (SSSR count). The molecule has 32 heavy (non-hydrogen) atoms. The van der Waals surface area contributed by atoms with Gasteiger partial charge in [0, 0.05) is 29.1 Å². The number of benzene rings is 2. The van der Waals surface area contributed by atoms with Crippen LogP contribution < -0.4 is 5.32 Å². The summed E-state index contributed by atoms with van der Waals surface area (Å²) in [6.45, 7) is 5.73. The Morgan fingerprint density at radius 3 is 2.47 bits per heavy atom. The number of nitrogens with one attached hydrogen (secondary N) is 1. The van der Waals surface area contributed by atoms with Gasteiger partial charge in [0.05, 0.1) is 10.7 Å². The number of fused-ring (bicyclic) bond motifs is 1. The Kier molecular flexibility index (Phi) is 5.93. The molecule has 0 radical (unpaired) electrons. The minimum Gasteiger partial charge on any atom is -0.326 e. The summed E-state index contributed by atoms with van der Waals surface area (Å²) in [5.74, 6) is -1.05. The molecule has 0 atom stereocenters. The topological polar surface area (TPSA) is 59.3 Å². The van der Waals surface area contributed by atoms with Crippen LogP contribution in [0.3, 0.4) is 0 Å². The first-order chi connectivity index (χ1) is 15.2. The van der Waals surface area contributed by atoms with E-state index in [0.29, 0.717) is 17.8 Å². The fourth-order valence-corrected chi connectivity index (χ4v) is 4.00. The van der Waals surface area contributed by atoms with Crippen LogP contribution in [-0.4, -0.2) is 20.5 Å². The van der Waals surface area contributed by atoms with Crippen LogP contribution in [-0.2, 0) is 11.2 Å². The lowest BCUT2D eigenvalue weighted by Gasteiger charge is -2.12. The average molecular weight is 455 g/mol. The first-order valence-corrected chi connectivity index (χ1v) is 10.5. The minimum atomic E-state index is -0.537. The van der Waals surface area contributed by atoms with E-state index in [1.807, 2.05) is 20.8 Å². The predicted octanol–water partition coefficient (Wildman–Crippen LogP) is 5.82. The molecular weight excluding hydrogens is 434 g/mol. The van der Waals surface area contributed by atoms with E-state index in [0.717, 1.165) is 33.8 Å². The molecule has 2 aromatic heterocycles. The summed E-state index contributed by atoms with van der Waals surface area (Å²) in [6, 6.07) is 10.3. The van der Waals surface area contributed by atoms with Crippen molar-refractivity contribution in [1.82, 2.24) is 14.6 Å². The molecule has 8 heteroatoms. The maximum atomic E-state index is 13.4. The molecule has 0 unspecified atom stereocenters. The molecule has 4 aromatic rings. The monoisotopic (exact) mass is 454 g/mol. The molecular formula is C24H21ClF2N4O. The maximum Gasteiger partial charge on any atom is 0.224 e. The van der Waals surface area contributed by atoms with Gasteiger partial charge in [-0.25, -0.2) is 18.3 Å². The van der Waals surface area contributed by atoms with Crippen molar-refractivity contribution in [1.29, 1.82) is 0 Å². The first-order valence-electron chi connectivity index (χ1n) is 10.1. The third kappa shape index (κ3) is 4.21. The van der Waals surface area contributed by atoms with Crippen LogP contribution in [0.1, 0.15) is 29.1 Å². The summed E-state index contributed by atoms with van der Waals surface area (Å²) < 4.78 is 28.4. The molecule has 0 aliphatic heterocycles. The number of hydrogen-bond donors (Lipinski definition) is 1. The van der Waals surface area contributed by atoms with Gasteiger partial charge >= 0.3 is 0 Å². The summed E-state index contributed by atoms with van der Waals surface area (Å²) in [4.78, 5) is 17.2. The molecule has 164 valence electrons. The van der Waals surface area contributed by atoms with Crippen molar-refractivity contribution in [3.8, 4) is 11.1 Å². The number of amides is 1. The number of aryl methyl sites for hydroxylation is 3. The summed E-state index contributed by atoms with van der Waals surface area (Å²) in [5, 5.41) is 7.32. The van der Waals surface area contributed by atoms with Crippen molar-refractivity contribution in [2.24, 2.45) is 0 Å². The minimum absolute atomic E-state index is 0.0462. The second-order valence-electron chi connectivity index (χ2n) is 7.64. The number of anilines is 1. The van der Waals surface area contributed by atoms with Crippen molar-refractivity contribution in [2.45, 2.75) is 33.6 Å². The zero-order valence-corrected chi connectivity index (χ0v) is 18.6. The van der Waals surface area contributed by atoms with Crippen molar-refractivity contribution in [2.75, 3.05) is 5.32 Å². The van der Waals surface area contributed by atoms with Gasteiger partial charge in [-0.3, -0.25) is 4.79 Å². The summed E-state index contributed by atoms with van der Waals surface area (Å²) in [5.41, 5.74) is 6.24. The Bertz CT molecular complexity index is 1330.